The number of nitrogens with one attached hydrogen (secondary N) is 1. The first-order chi connectivity index (χ1) is 16.3. The average Bonchev–Trinajstić information content (AvgIpc) is 3.03. The second-order valence-electron chi connectivity index (χ2n) is 8.26. The Hall–Kier alpha value is -1.84. The summed E-state index contributed by atoms with van der Waals surface area (Å²) in [6.45, 7) is 6.36. The number of ether oxygens (including phenoxy) is 1. The van der Waals surface area contributed by atoms with Gasteiger partial charge in [0.05, 0.1) is 31.2 Å². The van der Waals surface area contributed by atoms with Crippen LogP contribution in [0.25, 0.3) is 0 Å². The first-order valence-electron chi connectivity index (χ1n) is 10.2. The zero-order chi connectivity index (χ0) is 26.4. The van der Waals surface area contributed by atoms with Crippen molar-refractivity contribution in [1.29, 1.82) is 0 Å². The third kappa shape index (κ3) is 5.18. The molecular formula is C23H19BrCl4N2O5. The number of imide groups is 1. The van der Waals surface area contributed by atoms with Gasteiger partial charge in [0.25, 0.3) is 17.7 Å². The van der Waals surface area contributed by atoms with Gasteiger partial charge in [0.2, 0.25) is 0 Å². The summed E-state index contributed by atoms with van der Waals surface area (Å²) in [6.07, 6.45) is 0. The van der Waals surface area contributed by atoms with Crippen molar-refractivity contribution in [3.05, 3.63) is 58.9 Å². The van der Waals surface area contributed by atoms with E-state index in [9.17, 15) is 19.2 Å². The van der Waals surface area contributed by atoms with Crippen LogP contribution in [-0.2, 0) is 14.3 Å². The monoisotopic (exact) mass is 622 g/mol. The molecule has 12 heteroatoms. The molecule has 186 valence electrons. The smallest absolute Gasteiger partial charge is 0.330 e. The van der Waals surface area contributed by atoms with E-state index in [-0.39, 0.29) is 31.2 Å². The van der Waals surface area contributed by atoms with Gasteiger partial charge >= 0.3 is 5.97 Å². The predicted octanol–water partition coefficient (Wildman–Crippen LogP) is 6.48. The molecule has 0 unspecified atom stereocenters. The molecule has 1 atom stereocenters. The van der Waals surface area contributed by atoms with Crippen LogP contribution in [0, 0.1) is 19.8 Å². The molecule has 0 saturated carbocycles. The molecule has 1 heterocycles. The fourth-order valence-electron chi connectivity index (χ4n) is 3.73. The van der Waals surface area contributed by atoms with Crippen LogP contribution in [0.3, 0.4) is 0 Å². The van der Waals surface area contributed by atoms with E-state index in [2.05, 4.69) is 21.2 Å². The van der Waals surface area contributed by atoms with E-state index in [1.807, 2.05) is 13.8 Å². The first kappa shape index (κ1) is 27.7. The van der Waals surface area contributed by atoms with Crippen molar-refractivity contribution in [3.8, 4) is 0 Å². The number of rotatable bonds is 6. The number of aryl methyl sites for hydroxylation is 2. The van der Waals surface area contributed by atoms with E-state index in [0.29, 0.717) is 10.6 Å². The van der Waals surface area contributed by atoms with Crippen LogP contribution < -0.4 is 5.32 Å². The van der Waals surface area contributed by atoms with Gasteiger partial charge in [-0.2, -0.15) is 0 Å². The highest BCUT2D eigenvalue weighted by Crippen LogP contribution is 2.45. The maximum atomic E-state index is 13.1. The lowest BCUT2D eigenvalue weighted by atomic mass is 10.0. The number of esters is 1. The van der Waals surface area contributed by atoms with Gasteiger partial charge in [0, 0.05) is 10.2 Å². The lowest BCUT2D eigenvalue weighted by Crippen LogP contribution is -2.49. The molecule has 1 N–H and O–H groups in total. The molecule has 3 amide bonds. The fourth-order valence-corrected chi connectivity index (χ4v) is 4.98. The molecule has 1 aliphatic rings. The highest BCUT2D eigenvalue weighted by atomic mass is 79.9. The maximum Gasteiger partial charge on any atom is 0.330 e. The number of fused-ring (bicyclic) bond motifs is 1. The molecule has 3 rings (SSSR count). The van der Waals surface area contributed by atoms with Crippen LogP contribution >= 0.6 is 62.3 Å². The van der Waals surface area contributed by atoms with Crippen LogP contribution in [0.2, 0.25) is 20.1 Å². The van der Waals surface area contributed by atoms with Crippen molar-refractivity contribution in [2.45, 2.75) is 33.7 Å². The van der Waals surface area contributed by atoms with Gasteiger partial charge in [-0.3, -0.25) is 19.3 Å². The highest BCUT2D eigenvalue weighted by molar-refractivity contribution is 9.10. The SMILES string of the molecule is Cc1cc(NC(=O)COC(=O)[C@H](C(C)C)N2C(=O)c3c(Cl)c(Cl)c(Cl)c(Cl)c3C2=O)cc(C)c1Br. The number of benzene rings is 2. The van der Waals surface area contributed by atoms with Gasteiger partial charge in [-0.25, -0.2) is 4.79 Å². The van der Waals surface area contributed by atoms with Crippen LogP contribution in [0.5, 0.6) is 0 Å². The van der Waals surface area contributed by atoms with Gasteiger partial charge in [-0.05, 0) is 43.0 Å². The fraction of sp³-hybridized carbons (Fsp3) is 0.304. The second kappa shape index (κ2) is 10.6. The Morgan fingerprint density at radius 3 is 1.83 bits per heavy atom. The number of nitrogens with zero attached hydrogens (tertiary/aromatic N) is 1. The van der Waals surface area contributed by atoms with Crippen molar-refractivity contribution in [3.63, 3.8) is 0 Å². The number of carbonyl (C=O) groups is 4. The third-order valence-electron chi connectivity index (χ3n) is 5.35. The number of hydrogen-bond acceptors (Lipinski definition) is 5. The van der Waals surface area contributed by atoms with Crippen molar-refractivity contribution < 1.29 is 23.9 Å². The number of halogens is 5. The molecule has 0 bridgehead atoms. The lowest BCUT2D eigenvalue weighted by Gasteiger charge is -2.27. The molecule has 0 spiro atoms. The van der Waals surface area contributed by atoms with Crippen molar-refractivity contribution in [2.24, 2.45) is 5.92 Å². The molecule has 0 aromatic heterocycles. The molecule has 0 aliphatic carbocycles. The Balaban J connectivity index is 1.80. The van der Waals surface area contributed by atoms with Crippen molar-refractivity contribution in [2.75, 3.05) is 11.9 Å². The lowest BCUT2D eigenvalue weighted by molar-refractivity contribution is -0.152. The third-order valence-corrected chi connectivity index (χ3v) is 8.40. The van der Waals surface area contributed by atoms with Crippen LogP contribution in [0.15, 0.2) is 16.6 Å². The molecule has 0 saturated heterocycles. The van der Waals surface area contributed by atoms with Crippen LogP contribution in [0.4, 0.5) is 5.69 Å². The zero-order valence-electron chi connectivity index (χ0n) is 18.9. The largest absolute Gasteiger partial charge is 0.454 e. The van der Waals surface area contributed by atoms with E-state index < -0.39 is 42.3 Å². The summed E-state index contributed by atoms with van der Waals surface area (Å²) in [4.78, 5) is 52.3. The molecular weight excluding hydrogens is 606 g/mol. The minimum absolute atomic E-state index is 0.182. The summed E-state index contributed by atoms with van der Waals surface area (Å²) >= 11 is 27.9. The number of carbonyl (C=O) groups excluding carboxylic acids is 4. The Bertz CT molecular complexity index is 1210. The first-order valence-corrected chi connectivity index (χ1v) is 12.5. The predicted molar refractivity (Wildman–Crippen MR) is 139 cm³/mol. The zero-order valence-corrected chi connectivity index (χ0v) is 23.5. The van der Waals surface area contributed by atoms with Crippen molar-refractivity contribution in [1.82, 2.24) is 4.90 Å². The number of anilines is 1. The Morgan fingerprint density at radius 1 is 0.943 bits per heavy atom. The molecule has 2 aromatic carbocycles. The minimum atomic E-state index is -1.35. The van der Waals surface area contributed by atoms with Gasteiger partial charge < -0.3 is 10.1 Å². The molecule has 2 aromatic rings. The van der Waals surface area contributed by atoms with E-state index >= 15 is 0 Å². The van der Waals surface area contributed by atoms with Gasteiger partial charge in [0.1, 0.15) is 6.04 Å². The molecule has 0 fully saturated rings. The standard InChI is InChI=1S/C23H19BrCl4N2O5/c1-8(2)20(23(34)35-7-12(31)29-11-5-9(3)15(24)10(4)6-11)30-21(32)13-14(22(30)33)17(26)19(28)18(27)16(13)25/h5-6,8,20H,7H2,1-4H3,(H,29,31)/t20-/m0/s1. The maximum absolute atomic E-state index is 13.1. The van der Waals surface area contributed by atoms with Crippen LogP contribution in [0.1, 0.15) is 45.7 Å². The van der Waals surface area contributed by atoms with Gasteiger partial charge in [0.15, 0.2) is 6.61 Å². The summed E-state index contributed by atoms with van der Waals surface area (Å²) in [6, 6.07) is 2.17. The summed E-state index contributed by atoms with van der Waals surface area (Å²) in [7, 11) is 0. The Kier molecular flexibility index (Phi) is 8.44. The summed E-state index contributed by atoms with van der Waals surface area (Å²) in [5.41, 5.74) is 1.88. The van der Waals surface area contributed by atoms with Gasteiger partial charge in [-0.1, -0.05) is 76.2 Å². The summed E-state index contributed by atoms with van der Waals surface area (Å²) < 4.78 is 6.10. The Morgan fingerprint density at radius 2 is 1.40 bits per heavy atom. The quantitative estimate of drug-likeness (QED) is 0.172. The van der Waals surface area contributed by atoms with Gasteiger partial charge in [-0.15, -0.1) is 0 Å². The van der Waals surface area contributed by atoms with E-state index in [4.69, 9.17) is 51.1 Å². The molecule has 7 nitrogen and oxygen atoms in total. The van der Waals surface area contributed by atoms with E-state index in [1.54, 1.807) is 26.0 Å². The number of hydrogen-bond donors (Lipinski definition) is 1. The van der Waals surface area contributed by atoms with E-state index in [1.165, 1.54) is 0 Å². The Labute approximate surface area is 230 Å². The molecule has 1 aliphatic heterocycles. The normalized spacial score (nSPS) is 13.8. The van der Waals surface area contributed by atoms with Crippen molar-refractivity contribution >= 4 is 91.7 Å². The number of amides is 3. The summed E-state index contributed by atoms with van der Waals surface area (Å²) in [5, 5.41) is 1.80. The average molecular weight is 625 g/mol. The topological polar surface area (TPSA) is 92.8 Å². The molecule has 0 radical (unpaired) electrons. The minimum Gasteiger partial charge on any atom is -0.454 e. The van der Waals surface area contributed by atoms with Crippen LogP contribution in [-0.4, -0.2) is 41.2 Å². The second-order valence-corrected chi connectivity index (χ2v) is 10.6. The molecule has 35 heavy (non-hydrogen) atoms. The highest BCUT2D eigenvalue weighted by Gasteiger charge is 2.48. The summed E-state index contributed by atoms with van der Waals surface area (Å²) in [5.74, 6) is -3.83. The van der Waals surface area contributed by atoms with E-state index in [0.717, 1.165) is 15.6 Å².